The molecular weight excluding hydrogens is 466 g/mol. The molecular formula is C30H33N3O4. The number of aromatic nitrogens is 2. The number of aryl methyl sites for hydroxylation is 2. The number of hydrogen-bond acceptors (Lipinski definition) is 4. The summed E-state index contributed by atoms with van der Waals surface area (Å²) in [5.74, 6) is -0.977. The van der Waals surface area contributed by atoms with Crippen molar-refractivity contribution < 1.29 is 19.4 Å². The third kappa shape index (κ3) is 5.82. The van der Waals surface area contributed by atoms with Crippen LogP contribution in [0.2, 0.25) is 0 Å². The molecule has 1 amide bonds. The van der Waals surface area contributed by atoms with Gasteiger partial charge in [0.1, 0.15) is 5.65 Å². The summed E-state index contributed by atoms with van der Waals surface area (Å²) in [4.78, 5) is 29.3. The lowest BCUT2D eigenvalue weighted by Crippen LogP contribution is -2.28. The van der Waals surface area contributed by atoms with Crippen LogP contribution in [0, 0.1) is 6.92 Å². The van der Waals surface area contributed by atoms with Crippen LogP contribution in [-0.2, 0) is 11.2 Å². The Bertz CT molecular complexity index is 1390. The minimum atomic E-state index is -0.977. The number of imidazole rings is 1. The summed E-state index contributed by atoms with van der Waals surface area (Å²) in [6, 6.07) is 18.4. The second-order valence-electron chi connectivity index (χ2n) is 9.16. The number of carboxylic acids is 1. The topological polar surface area (TPSA) is 92.9 Å². The Morgan fingerprint density at radius 1 is 1.03 bits per heavy atom. The van der Waals surface area contributed by atoms with Crippen LogP contribution in [0.1, 0.15) is 72.1 Å². The first-order chi connectivity index (χ1) is 17.9. The quantitative estimate of drug-likeness (QED) is 0.241. The monoisotopic (exact) mass is 499 g/mol. The van der Waals surface area contributed by atoms with Gasteiger partial charge < -0.3 is 15.2 Å². The number of aromatic carboxylic acids is 1. The SMILES string of the molecule is CCCCNC(=O)O[C@H](c1ccc(-c2ccccc2C(=O)O)cc1)c1ccc(C)c2nc(CCC)cn12. The van der Waals surface area contributed by atoms with Crippen molar-refractivity contribution in [2.45, 2.75) is 52.6 Å². The number of nitrogens with zero attached hydrogens (tertiary/aromatic N) is 2. The van der Waals surface area contributed by atoms with Crippen molar-refractivity contribution in [1.82, 2.24) is 14.7 Å². The molecule has 0 fully saturated rings. The standard InChI is InChI=1S/C30H33N3O4/c1-4-6-18-31-30(36)37-27(26-17-12-20(3)28-32-23(9-5-2)19-33(26)28)22-15-13-21(14-16-22)24-10-7-8-11-25(24)29(34)35/h7-8,10-17,19,27H,4-6,9,18H2,1-3H3,(H,31,36)(H,34,35)/t27-/m1/s1. The van der Waals surface area contributed by atoms with E-state index in [0.29, 0.717) is 12.1 Å². The van der Waals surface area contributed by atoms with E-state index in [2.05, 4.69) is 19.2 Å². The molecule has 1 atom stereocenters. The van der Waals surface area contributed by atoms with E-state index < -0.39 is 18.2 Å². The van der Waals surface area contributed by atoms with E-state index in [1.54, 1.807) is 18.2 Å². The first kappa shape index (κ1) is 25.9. The number of fused-ring (bicyclic) bond motifs is 1. The van der Waals surface area contributed by atoms with Gasteiger partial charge in [-0.05, 0) is 54.2 Å². The molecule has 0 spiro atoms. The number of carboxylic acid groups (broad SMARTS) is 1. The van der Waals surface area contributed by atoms with Crippen LogP contribution < -0.4 is 5.32 Å². The molecule has 4 rings (SSSR count). The summed E-state index contributed by atoms with van der Waals surface area (Å²) in [6.07, 6.45) is 4.53. The number of benzene rings is 2. The maximum absolute atomic E-state index is 12.8. The van der Waals surface area contributed by atoms with Crippen LogP contribution in [-0.4, -0.2) is 33.1 Å². The molecule has 0 bridgehead atoms. The van der Waals surface area contributed by atoms with Crippen molar-refractivity contribution in [1.29, 1.82) is 0 Å². The molecule has 2 aromatic carbocycles. The number of unbranched alkanes of at least 4 members (excludes halogenated alkanes) is 1. The van der Waals surface area contributed by atoms with E-state index in [1.165, 1.54) is 0 Å². The van der Waals surface area contributed by atoms with Crippen LogP contribution in [0.5, 0.6) is 0 Å². The molecule has 2 heterocycles. The van der Waals surface area contributed by atoms with Gasteiger partial charge in [-0.15, -0.1) is 0 Å². The van der Waals surface area contributed by atoms with E-state index in [4.69, 9.17) is 9.72 Å². The molecule has 2 N–H and O–H groups in total. The summed E-state index contributed by atoms with van der Waals surface area (Å²) < 4.78 is 8.01. The van der Waals surface area contributed by atoms with E-state index in [0.717, 1.165) is 59.4 Å². The predicted molar refractivity (Wildman–Crippen MR) is 144 cm³/mol. The van der Waals surface area contributed by atoms with Crippen molar-refractivity contribution in [3.63, 3.8) is 0 Å². The maximum Gasteiger partial charge on any atom is 0.408 e. The summed E-state index contributed by atoms with van der Waals surface area (Å²) in [5, 5.41) is 12.4. The average Bonchev–Trinajstić information content (AvgIpc) is 3.33. The van der Waals surface area contributed by atoms with Gasteiger partial charge in [-0.3, -0.25) is 4.40 Å². The molecule has 7 nitrogen and oxygen atoms in total. The molecule has 0 saturated carbocycles. The lowest BCUT2D eigenvalue weighted by Gasteiger charge is -2.21. The third-order valence-electron chi connectivity index (χ3n) is 6.37. The van der Waals surface area contributed by atoms with Crippen molar-refractivity contribution >= 4 is 17.7 Å². The van der Waals surface area contributed by atoms with E-state index in [1.807, 2.05) is 60.0 Å². The van der Waals surface area contributed by atoms with Gasteiger partial charge in [-0.25, -0.2) is 14.6 Å². The number of rotatable bonds is 10. The lowest BCUT2D eigenvalue weighted by atomic mass is 9.97. The number of hydrogen-bond donors (Lipinski definition) is 2. The van der Waals surface area contributed by atoms with Crippen LogP contribution >= 0.6 is 0 Å². The fraction of sp³-hybridized carbons (Fsp3) is 0.300. The third-order valence-corrected chi connectivity index (χ3v) is 6.37. The Labute approximate surface area is 217 Å². The van der Waals surface area contributed by atoms with Crippen LogP contribution in [0.25, 0.3) is 16.8 Å². The minimum Gasteiger partial charge on any atom is -0.478 e. The van der Waals surface area contributed by atoms with Gasteiger partial charge >= 0.3 is 12.1 Å². The van der Waals surface area contributed by atoms with Gasteiger partial charge in [0.25, 0.3) is 0 Å². The van der Waals surface area contributed by atoms with Crippen molar-refractivity contribution in [3.8, 4) is 11.1 Å². The van der Waals surface area contributed by atoms with Gasteiger partial charge in [0.2, 0.25) is 0 Å². The highest BCUT2D eigenvalue weighted by Gasteiger charge is 2.23. The maximum atomic E-state index is 12.8. The van der Waals surface area contributed by atoms with Gasteiger partial charge in [0.05, 0.1) is 17.0 Å². The Morgan fingerprint density at radius 3 is 2.49 bits per heavy atom. The largest absolute Gasteiger partial charge is 0.478 e. The number of nitrogens with one attached hydrogen (secondary N) is 1. The molecule has 0 unspecified atom stereocenters. The van der Waals surface area contributed by atoms with Crippen molar-refractivity contribution in [2.75, 3.05) is 6.54 Å². The number of carbonyl (C=O) groups excluding carboxylic acids is 1. The van der Waals surface area contributed by atoms with Gasteiger partial charge in [0.15, 0.2) is 6.10 Å². The van der Waals surface area contributed by atoms with Gasteiger partial charge in [0, 0.05) is 12.7 Å². The molecule has 0 radical (unpaired) electrons. The molecule has 0 aliphatic rings. The highest BCUT2D eigenvalue weighted by molar-refractivity contribution is 5.96. The minimum absolute atomic E-state index is 0.237. The van der Waals surface area contributed by atoms with Crippen LogP contribution in [0.4, 0.5) is 4.79 Å². The number of ether oxygens (including phenoxy) is 1. The molecule has 0 aliphatic carbocycles. The second-order valence-corrected chi connectivity index (χ2v) is 9.16. The molecule has 37 heavy (non-hydrogen) atoms. The second kappa shape index (κ2) is 11.7. The van der Waals surface area contributed by atoms with Crippen LogP contribution in [0.15, 0.2) is 66.9 Å². The number of pyridine rings is 1. The summed E-state index contributed by atoms with van der Waals surface area (Å²) in [5.41, 5.74) is 6.08. The Kier molecular flexibility index (Phi) is 8.23. The summed E-state index contributed by atoms with van der Waals surface area (Å²) >= 11 is 0. The Hall–Kier alpha value is -4.13. The summed E-state index contributed by atoms with van der Waals surface area (Å²) in [6.45, 7) is 6.75. The van der Waals surface area contributed by atoms with Crippen molar-refractivity contribution in [2.24, 2.45) is 0 Å². The fourth-order valence-electron chi connectivity index (χ4n) is 4.43. The Morgan fingerprint density at radius 2 is 1.78 bits per heavy atom. The number of amides is 1. The Balaban J connectivity index is 1.76. The predicted octanol–water partition coefficient (Wildman–Crippen LogP) is 6.58. The summed E-state index contributed by atoms with van der Waals surface area (Å²) in [7, 11) is 0. The van der Waals surface area contributed by atoms with Crippen LogP contribution in [0.3, 0.4) is 0 Å². The molecule has 4 aromatic rings. The zero-order valence-corrected chi connectivity index (χ0v) is 21.5. The van der Waals surface area contributed by atoms with Gasteiger partial charge in [-0.2, -0.15) is 0 Å². The van der Waals surface area contributed by atoms with Crippen molar-refractivity contribution in [3.05, 3.63) is 94.9 Å². The highest BCUT2D eigenvalue weighted by Crippen LogP contribution is 2.31. The zero-order chi connectivity index (χ0) is 26.4. The fourth-order valence-corrected chi connectivity index (χ4v) is 4.43. The smallest absolute Gasteiger partial charge is 0.408 e. The molecule has 7 heteroatoms. The lowest BCUT2D eigenvalue weighted by molar-refractivity contribution is 0.0697. The first-order valence-corrected chi connectivity index (χ1v) is 12.8. The average molecular weight is 500 g/mol. The van der Waals surface area contributed by atoms with E-state index in [9.17, 15) is 14.7 Å². The molecule has 0 saturated heterocycles. The normalized spacial score (nSPS) is 11.9. The molecule has 192 valence electrons. The molecule has 0 aliphatic heterocycles. The number of alkyl carbamates (subject to hydrolysis) is 1. The van der Waals surface area contributed by atoms with E-state index >= 15 is 0 Å². The van der Waals surface area contributed by atoms with Gasteiger partial charge in [-0.1, -0.05) is 75.2 Å². The highest BCUT2D eigenvalue weighted by atomic mass is 16.6. The first-order valence-electron chi connectivity index (χ1n) is 12.8. The number of carbonyl (C=O) groups is 2. The molecule has 2 aromatic heterocycles. The van der Waals surface area contributed by atoms with E-state index in [-0.39, 0.29) is 5.56 Å². The zero-order valence-electron chi connectivity index (χ0n) is 21.5.